The molecule has 4 rings (SSSR count). The Hall–Kier alpha value is -2.09. The lowest BCUT2D eigenvalue weighted by Gasteiger charge is -2.44. The molecule has 2 nitrogen and oxygen atoms in total. The third-order valence-corrected chi connectivity index (χ3v) is 9.62. The van der Waals surface area contributed by atoms with E-state index in [1.165, 1.54) is 62.5 Å². The van der Waals surface area contributed by atoms with Crippen molar-refractivity contribution >= 4 is 5.97 Å². The lowest BCUT2D eigenvalue weighted by Crippen LogP contribution is -2.36. The van der Waals surface area contributed by atoms with Gasteiger partial charge in [0.1, 0.15) is 6.10 Å². The minimum Gasteiger partial charge on any atom is -0.458 e. The highest BCUT2D eigenvalue weighted by Gasteiger charge is 2.50. The molecule has 3 aliphatic rings. The van der Waals surface area contributed by atoms with Gasteiger partial charge in [0.2, 0.25) is 0 Å². The maximum atomic E-state index is 12.6. The lowest BCUT2D eigenvalue weighted by molar-refractivity contribution is 0.0270. The molecule has 3 aliphatic carbocycles. The highest BCUT2D eigenvalue weighted by Crippen LogP contribution is 2.60. The molecule has 0 amide bonds. The average molecular weight is 489 g/mol. The fraction of sp³-hybridized carbons (Fsp3) is 0.618. The van der Waals surface area contributed by atoms with E-state index < -0.39 is 0 Å². The average Bonchev–Trinajstić information content (AvgIpc) is 3.22. The number of rotatable bonds is 8. The third kappa shape index (κ3) is 6.24. The predicted octanol–water partition coefficient (Wildman–Crippen LogP) is 9.48. The molecule has 0 spiro atoms. The second-order valence-corrected chi connectivity index (χ2v) is 12.6. The van der Waals surface area contributed by atoms with Crippen LogP contribution < -0.4 is 0 Å². The summed E-state index contributed by atoms with van der Waals surface area (Å²) in [5, 5.41) is 0. The Kier molecular flexibility index (Phi) is 8.96. The Morgan fingerprint density at radius 2 is 1.86 bits per heavy atom. The summed E-state index contributed by atoms with van der Waals surface area (Å²) in [7, 11) is 0. The molecule has 3 saturated carbocycles. The zero-order valence-electron chi connectivity index (χ0n) is 23.2. The Morgan fingerprint density at radius 1 is 1.08 bits per heavy atom. The van der Waals surface area contributed by atoms with Gasteiger partial charge in [0.25, 0.3) is 0 Å². The molecule has 0 N–H and O–H groups in total. The summed E-state index contributed by atoms with van der Waals surface area (Å²) in [5.41, 5.74) is 5.22. The van der Waals surface area contributed by atoms with Gasteiger partial charge in [0.05, 0.1) is 5.56 Å². The van der Waals surface area contributed by atoms with Gasteiger partial charge in [-0.05, 0) is 91.7 Å². The zero-order chi connectivity index (χ0) is 25.7. The Morgan fingerprint density at radius 3 is 2.61 bits per heavy atom. The second-order valence-electron chi connectivity index (χ2n) is 12.6. The Bertz CT molecular complexity index is 968. The fourth-order valence-electron chi connectivity index (χ4n) is 7.54. The molecule has 1 aromatic carbocycles. The van der Waals surface area contributed by atoms with Crippen molar-refractivity contribution in [1.29, 1.82) is 0 Å². The van der Waals surface area contributed by atoms with Gasteiger partial charge in [-0.2, -0.15) is 0 Å². The molecule has 0 aromatic heterocycles. The first-order chi connectivity index (χ1) is 17.3. The number of fused-ring (bicyclic) bond motifs is 1. The van der Waals surface area contributed by atoms with Crippen LogP contribution in [0.2, 0.25) is 0 Å². The fourth-order valence-corrected chi connectivity index (χ4v) is 7.54. The van der Waals surface area contributed by atoms with Crippen LogP contribution in [0.15, 0.2) is 65.8 Å². The second kappa shape index (κ2) is 12.0. The van der Waals surface area contributed by atoms with Crippen molar-refractivity contribution in [2.24, 2.45) is 29.1 Å². The molecule has 0 unspecified atom stereocenters. The van der Waals surface area contributed by atoms with E-state index >= 15 is 0 Å². The molecule has 0 aliphatic heterocycles. The minimum absolute atomic E-state index is 0.0629. The summed E-state index contributed by atoms with van der Waals surface area (Å²) in [6, 6.07) is 9.34. The normalized spacial score (nSPS) is 31.6. The van der Waals surface area contributed by atoms with Gasteiger partial charge in [-0.15, -0.1) is 0 Å². The molecule has 0 heterocycles. The molecule has 2 heteroatoms. The molecule has 1 aromatic rings. The number of carbonyl (C=O) groups is 1. The van der Waals surface area contributed by atoms with E-state index in [1.54, 1.807) is 5.57 Å². The summed E-state index contributed by atoms with van der Waals surface area (Å²) in [6.45, 7) is 14.2. The lowest BCUT2D eigenvalue weighted by atomic mass is 9.60. The third-order valence-electron chi connectivity index (χ3n) is 9.62. The quantitative estimate of drug-likeness (QED) is 0.341. The first-order valence-corrected chi connectivity index (χ1v) is 14.6. The van der Waals surface area contributed by atoms with Crippen molar-refractivity contribution < 1.29 is 9.53 Å². The maximum Gasteiger partial charge on any atom is 0.338 e. The number of esters is 1. The van der Waals surface area contributed by atoms with Crippen LogP contribution >= 0.6 is 0 Å². The van der Waals surface area contributed by atoms with Crippen LogP contribution in [0.3, 0.4) is 0 Å². The van der Waals surface area contributed by atoms with Crippen LogP contribution in [0.4, 0.5) is 0 Å². The number of benzene rings is 1. The van der Waals surface area contributed by atoms with E-state index in [0.29, 0.717) is 11.0 Å². The molecular formula is C34H48O2. The standard InChI is InChI=1S/C34H48O2/c1-24(2)11-9-12-26(4)31-20-21-32-27(15-10-22-34(31,32)5)17-18-29-23-30(19-16-25(29)3)36-33(35)28-13-7-6-8-14-28/h6-8,13-14,17-18,24,26,30-32H,3,9-12,15-16,19-23H2,1-2,4-5H3/b27-17+,29-18-/t26-,30+,31-,32+,34-/m1/s1. The SMILES string of the molecule is C=C1CC[C@H](OC(=O)c2ccccc2)C/C1=C/C=C1\CCC[C@]2(C)[C@@H]([C@H](C)CCCC(C)C)CC[C@@H]12. The van der Waals surface area contributed by atoms with Crippen LogP contribution in [-0.2, 0) is 4.74 Å². The van der Waals surface area contributed by atoms with Crippen LogP contribution in [0, 0.1) is 29.1 Å². The van der Waals surface area contributed by atoms with Gasteiger partial charge in [0, 0.05) is 6.42 Å². The van der Waals surface area contributed by atoms with E-state index in [4.69, 9.17) is 4.74 Å². The van der Waals surface area contributed by atoms with E-state index in [0.717, 1.165) is 42.9 Å². The monoisotopic (exact) mass is 488 g/mol. The minimum atomic E-state index is -0.214. The van der Waals surface area contributed by atoms with E-state index in [9.17, 15) is 4.79 Å². The van der Waals surface area contributed by atoms with Crippen LogP contribution in [0.1, 0.15) is 109 Å². The maximum absolute atomic E-state index is 12.6. The van der Waals surface area contributed by atoms with E-state index in [1.807, 2.05) is 30.3 Å². The molecule has 0 bridgehead atoms. The van der Waals surface area contributed by atoms with Gasteiger partial charge in [0.15, 0.2) is 0 Å². The first-order valence-electron chi connectivity index (χ1n) is 14.6. The summed E-state index contributed by atoms with van der Waals surface area (Å²) >= 11 is 0. The first kappa shape index (κ1) is 27.0. The van der Waals surface area contributed by atoms with Gasteiger partial charge < -0.3 is 4.74 Å². The number of carbonyl (C=O) groups excluding carboxylic acids is 1. The summed E-state index contributed by atoms with van der Waals surface area (Å²) in [4.78, 5) is 12.6. The van der Waals surface area contributed by atoms with Gasteiger partial charge in [-0.1, -0.05) is 95.0 Å². The van der Waals surface area contributed by atoms with Gasteiger partial charge in [-0.3, -0.25) is 0 Å². The predicted molar refractivity (Wildman–Crippen MR) is 151 cm³/mol. The van der Waals surface area contributed by atoms with Gasteiger partial charge in [-0.25, -0.2) is 4.79 Å². The number of hydrogen-bond acceptors (Lipinski definition) is 2. The van der Waals surface area contributed by atoms with Crippen molar-refractivity contribution in [2.45, 2.75) is 104 Å². The van der Waals surface area contributed by atoms with Crippen molar-refractivity contribution in [3.63, 3.8) is 0 Å². The van der Waals surface area contributed by atoms with E-state index in [-0.39, 0.29) is 12.1 Å². The number of allylic oxidation sites excluding steroid dienone is 4. The van der Waals surface area contributed by atoms with Crippen molar-refractivity contribution in [3.05, 3.63) is 71.3 Å². The largest absolute Gasteiger partial charge is 0.458 e. The Balaban J connectivity index is 1.41. The summed E-state index contributed by atoms with van der Waals surface area (Å²) in [5.74, 6) is 3.02. The number of ether oxygens (including phenoxy) is 1. The van der Waals surface area contributed by atoms with Crippen molar-refractivity contribution in [2.75, 3.05) is 0 Å². The molecule has 5 atom stereocenters. The highest BCUT2D eigenvalue weighted by molar-refractivity contribution is 5.89. The topological polar surface area (TPSA) is 26.3 Å². The molecular weight excluding hydrogens is 440 g/mol. The van der Waals surface area contributed by atoms with Crippen LogP contribution in [0.5, 0.6) is 0 Å². The molecule has 0 saturated heterocycles. The summed E-state index contributed by atoms with van der Waals surface area (Å²) in [6.07, 6.45) is 18.0. The molecule has 196 valence electrons. The van der Waals surface area contributed by atoms with Gasteiger partial charge >= 0.3 is 5.97 Å². The molecule has 36 heavy (non-hydrogen) atoms. The zero-order valence-corrected chi connectivity index (χ0v) is 23.2. The van der Waals surface area contributed by atoms with Crippen molar-refractivity contribution in [3.8, 4) is 0 Å². The molecule has 3 fully saturated rings. The molecule has 0 radical (unpaired) electrons. The number of hydrogen-bond donors (Lipinski definition) is 0. The summed E-state index contributed by atoms with van der Waals surface area (Å²) < 4.78 is 5.88. The van der Waals surface area contributed by atoms with Crippen molar-refractivity contribution in [1.82, 2.24) is 0 Å². The highest BCUT2D eigenvalue weighted by atomic mass is 16.5. The van der Waals surface area contributed by atoms with E-state index in [2.05, 4.69) is 46.4 Å². The van der Waals surface area contributed by atoms with Crippen LogP contribution in [0.25, 0.3) is 0 Å². The van der Waals surface area contributed by atoms with Crippen LogP contribution in [-0.4, -0.2) is 12.1 Å². The Labute approximate surface area is 220 Å². The smallest absolute Gasteiger partial charge is 0.338 e.